The molecule has 0 fully saturated rings. The van der Waals surface area contributed by atoms with Crippen LogP contribution in [-0.2, 0) is 25.6 Å². The van der Waals surface area contributed by atoms with Crippen LogP contribution in [0, 0.1) is 0 Å². The van der Waals surface area contributed by atoms with Crippen LogP contribution in [0.5, 0.6) is 0 Å². The molecule has 0 bridgehead atoms. The van der Waals surface area contributed by atoms with Crippen molar-refractivity contribution in [3.05, 3.63) is 35.9 Å². The second-order valence-electron chi connectivity index (χ2n) is 5.94. The summed E-state index contributed by atoms with van der Waals surface area (Å²) in [6, 6.07) is 5.07. The molecule has 27 heavy (non-hydrogen) atoms. The first-order valence-corrected chi connectivity index (χ1v) is 8.26. The number of rotatable bonds is 11. The van der Waals surface area contributed by atoms with Crippen LogP contribution in [0.1, 0.15) is 18.4 Å². The van der Waals surface area contributed by atoms with E-state index >= 15 is 0 Å². The van der Waals surface area contributed by atoms with Crippen LogP contribution in [0.15, 0.2) is 30.3 Å². The van der Waals surface area contributed by atoms with Gasteiger partial charge < -0.3 is 32.3 Å². The largest absolute Gasteiger partial charge is 0.480 e. The number of aliphatic hydroxyl groups excluding tert-OH is 1. The van der Waals surface area contributed by atoms with E-state index in [0.29, 0.717) is 0 Å². The molecule has 3 amide bonds. The van der Waals surface area contributed by atoms with Gasteiger partial charge in [0.1, 0.15) is 12.1 Å². The molecule has 0 aromatic heterocycles. The molecule has 0 spiro atoms. The highest BCUT2D eigenvalue weighted by Gasteiger charge is 2.27. The van der Waals surface area contributed by atoms with E-state index in [-0.39, 0.29) is 19.3 Å². The molecule has 1 aromatic carbocycles. The minimum atomic E-state index is -1.50. The zero-order chi connectivity index (χ0) is 20.4. The number of nitrogens with two attached hydrogens (primary N) is 2. The normalized spacial score (nSPS) is 13.9. The zero-order valence-electron chi connectivity index (χ0n) is 14.6. The van der Waals surface area contributed by atoms with Gasteiger partial charge in [0.05, 0.1) is 12.6 Å². The summed E-state index contributed by atoms with van der Waals surface area (Å²) < 4.78 is 0. The Kier molecular flexibility index (Phi) is 8.90. The van der Waals surface area contributed by atoms with Crippen LogP contribution >= 0.6 is 0 Å². The maximum absolute atomic E-state index is 12.4. The highest BCUT2D eigenvalue weighted by Crippen LogP contribution is 2.05. The Morgan fingerprint density at radius 3 is 2.11 bits per heavy atom. The van der Waals surface area contributed by atoms with E-state index in [1.54, 1.807) is 30.3 Å². The van der Waals surface area contributed by atoms with Crippen molar-refractivity contribution in [3.8, 4) is 0 Å². The Morgan fingerprint density at radius 1 is 1.00 bits per heavy atom. The number of hydrogen-bond acceptors (Lipinski definition) is 6. The third-order valence-corrected chi connectivity index (χ3v) is 3.75. The molecule has 0 unspecified atom stereocenters. The van der Waals surface area contributed by atoms with Gasteiger partial charge in [-0.1, -0.05) is 30.3 Å². The first-order chi connectivity index (χ1) is 12.7. The molecule has 3 atom stereocenters. The fourth-order valence-electron chi connectivity index (χ4n) is 2.22. The molecule has 0 saturated carbocycles. The maximum Gasteiger partial charge on any atom is 0.328 e. The summed E-state index contributed by atoms with van der Waals surface area (Å²) in [6.45, 7) is -0.800. The van der Waals surface area contributed by atoms with Crippen molar-refractivity contribution < 1.29 is 29.4 Å². The Labute approximate surface area is 155 Å². The number of hydrogen-bond donors (Lipinski definition) is 6. The number of carboxylic acids is 1. The average Bonchev–Trinajstić information content (AvgIpc) is 2.63. The first-order valence-electron chi connectivity index (χ1n) is 8.26. The van der Waals surface area contributed by atoms with Crippen LogP contribution in [-0.4, -0.2) is 58.6 Å². The zero-order valence-corrected chi connectivity index (χ0v) is 14.6. The van der Waals surface area contributed by atoms with Gasteiger partial charge in [-0.05, 0) is 12.0 Å². The van der Waals surface area contributed by atoms with Crippen LogP contribution in [0.3, 0.4) is 0 Å². The van der Waals surface area contributed by atoms with Crippen molar-refractivity contribution in [2.75, 3.05) is 6.61 Å². The molecule has 10 heteroatoms. The third kappa shape index (κ3) is 7.84. The van der Waals surface area contributed by atoms with Crippen molar-refractivity contribution in [1.82, 2.24) is 10.6 Å². The molecule has 8 N–H and O–H groups in total. The van der Waals surface area contributed by atoms with Crippen LogP contribution in [0.4, 0.5) is 0 Å². The van der Waals surface area contributed by atoms with Gasteiger partial charge in [-0.15, -0.1) is 0 Å². The van der Waals surface area contributed by atoms with Gasteiger partial charge >= 0.3 is 5.97 Å². The van der Waals surface area contributed by atoms with Gasteiger partial charge in [-0.3, -0.25) is 14.4 Å². The average molecular weight is 380 g/mol. The van der Waals surface area contributed by atoms with Gasteiger partial charge in [0.15, 0.2) is 0 Å². The predicted octanol–water partition coefficient (Wildman–Crippen LogP) is -2.13. The fraction of sp³-hybridized carbons (Fsp3) is 0.412. The minimum absolute atomic E-state index is 0.00916. The minimum Gasteiger partial charge on any atom is -0.480 e. The molecule has 1 aromatic rings. The topological polar surface area (TPSA) is 185 Å². The molecule has 0 saturated heterocycles. The van der Waals surface area contributed by atoms with E-state index in [2.05, 4.69) is 10.6 Å². The standard InChI is InChI=1S/C17H24N4O6/c18-11(6-7-14(19)23)15(24)20-12(8-10-4-2-1-3-5-10)16(25)21-13(9-22)17(26)27/h1-5,11-13,22H,6-9,18H2,(H2,19,23)(H,20,24)(H,21,25)(H,26,27)/t11-,12-,13-/m0/s1. The van der Waals surface area contributed by atoms with Crippen molar-refractivity contribution in [2.45, 2.75) is 37.4 Å². The van der Waals surface area contributed by atoms with E-state index < -0.39 is 48.4 Å². The quantitative estimate of drug-likeness (QED) is 0.253. The molecule has 1 rings (SSSR count). The van der Waals surface area contributed by atoms with E-state index in [1.165, 1.54) is 0 Å². The first kappa shape index (κ1) is 22.1. The second kappa shape index (κ2) is 10.9. The Hall–Kier alpha value is -2.98. The Morgan fingerprint density at radius 2 is 1.59 bits per heavy atom. The molecule has 10 nitrogen and oxygen atoms in total. The van der Waals surface area contributed by atoms with E-state index in [4.69, 9.17) is 21.7 Å². The SMILES string of the molecule is NC(=O)CC[C@H](N)C(=O)N[C@@H](Cc1ccccc1)C(=O)N[C@@H](CO)C(=O)O. The van der Waals surface area contributed by atoms with Crippen LogP contribution in [0.25, 0.3) is 0 Å². The summed E-state index contributed by atoms with van der Waals surface area (Å²) in [5.41, 5.74) is 11.4. The monoisotopic (exact) mass is 380 g/mol. The lowest BCUT2D eigenvalue weighted by molar-refractivity contribution is -0.143. The molecule has 0 heterocycles. The summed E-state index contributed by atoms with van der Waals surface area (Å²) in [4.78, 5) is 46.5. The van der Waals surface area contributed by atoms with E-state index in [9.17, 15) is 19.2 Å². The summed E-state index contributed by atoms with van der Waals surface area (Å²) >= 11 is 0. The summed E-state index contributed by atoms with van der Waals surface area (Å²) in [5.74, 6) is -3.48. The number of carboxylic acid groups (broad SMARTS) is 1. The molecule has 148 valence electrons. The Bertz CT molecular complexity index is 667. The number of aliphatic carboxylic acids is 1. The molecule has 0 aliphatic carbocycles. The number of aliphatic hydroxyl groups is 1. The van der Waals surface area contributed by atoms with Gasteiger partial charge in [-0.2, -0.15) is 0 Å². The van der Waals surface area contributed by atoms with Gasteiger partial charge in [-0.25, -0.2) is 4.79 Å². The molecular formula is C17H24N4O6. The van der Waals surface area contributed by atoms with Gasteiger partial charge in [0.2, 0.25) is 17.7 Å². The number of benzene rings is 1. The molecule has 0 aliphatic rings. The van der Waals surface area contributed by atoms with Crippen molar-refractivity contribution in [1.29, 1.82) is 0 Å². The summed E-state index contributed by atoms with van der Waals surface area (Å²) in [5, 5.41) is 22.6. The lowest BCUT2D eigenvalue weighted by Crippen LogP contribution is -2.56. The summed E-state index contributed by atoms with van der Waals surface area (Å²) in [6.07, 6.45) is 0.00366. The Balaban J connectivity index is 2.86. The molecular weight excluding hydrogens is 356 g/mol. The highest BCUT2D eigenvalue weighted by atomic mass is 16.4. The fourth-order valence-corrected chi connectivity index (χ4v) is 2.22. The molecule has 0 radical (unpaired) electrons. The van der Waals surface area contributed by atoms with Crippen molar-refractivity contribution in [2.24, 2.45) is 11.5 Å². The maximum atomic E-state index is 12.4. The van der Waals surface area contributed by atoms with Gasteiger partial charge in [0, 0.05) is 12.8 Å². The lowest BCUT2D eigenvalue weighted by Gasteiger charge is -2.22. The van der Waals surface area contributed by atoms with Crippen molar-refractivity contribution in [3.63, 3.8) is 0 Å². The lowest BCUT2D eigenvalue weighted by atomic mass is 10.0. The van der Waals surface area contributed by atoms with Crippen LogP contribution < -0.4 is 22.1 Å². The number of amides is 3. The number of primary amides is 1. The van der Waals surface area contributed by atoms with Crippen molar-refractivity contribution >= 4 is 23.7 Å². The summed E-state index contributed by atoms with van der Waals surface area (Å²) in [7, 11) is 0. The smallest absolute Gasteiger partial charge is 0.328 e. The van der Waals surface area contributed by atoms with E-state index in [1.807, 2.05) is 0 Å². The number of carbonyl (C=O) groups excluding carboxylic acids is 3. The predicted molar refractivity (Wildman–Crippen MR) is 95.1 cm³/mol. The number of carbonyl (C=O) groups is 4. The third-order valence-electron chi connectivity index (χ3n) is 3.75. The molecule has 0 aliphatic heterocycles. The number of nitrogens with one attached hydrogen (secondary N) is 2. The van der Waals surface area contributed by atoms with Gasteiger partial charge in [0.25, 0.3) is 0 Å². The van der Waals surface area contributed by atoms with Crippen LogP contribution in [0.2, 0.25) is 0 Å². The van der Waals surface area contributed by atoms with E-state index in [0.717, 1.165) is 5.56 Å². The second-order valence-corrected chi connectivity index (χ2v) is 5.94. The highest BCUT2D eigenvalue weighted by molar-refractivity contribution is 5.92.